The quantitative estimate of drug-likeness (QED) is 0.470. The summed E-state index contributed by atoms with van der Waals surface area (Å²) in [6, 6.07) is 8.15. The predicted molar refractivity (Wildman–Crippen MR) is 118 cm³/mol. The molecule has 29 heavy (non-hydrogen) atoms. The van der Waals surface area contributed by atoms with Crippen molar-refractivity contribution in [1.29, 1.82) is 0 Å². The Balaban J connectivity index is 1.74. The summed E-state index contributed by atoms with van der Waals surface area (Å²) in [5, 5.41) is 5.99. The molecule has 0 atom stereocenters. The second-order valence-corrected chi connectivity index (χ2v) is 8.93. The number of amides is 3. The van der Waals surface area contributed by atoms with Crippen LogP contribution in [0.5, 0.6) is 0 Å². The van der Waals surface area contributed by atoms with Gasteiger partial charge in [-0.05, 0) is 45.4 Å². The number of nitrogens with zero attached hydrogens (tertiary/aromatic N) is 2. The van der Waals surface area contributed by atoms with Crippen molar-refractivity contribution >= 4 is 50.9 Å². The molecule has 1 aromatic carbocycles. The van der Waals surface area contributed by atoms with Gasteiger partial charge in [-0.15, -0.1) is 11.3 Å². The van der Waals surface area contributed by atoms with Gasteiger partial charge in [-0.2, -0.15) is 0 Å². The normalized spacial score (nSPS) is 11.1. The second kappa shape index (κ2) is 8.79. The molecule has 0 radical (unpaired) electrons. The van der Waals surface area contributed by atoms with E-state index in [2.05, 4.69) is 15.6 Å². The van der Waals surface area contributed by atoms with Crippen LogP contribution < -0.4 is 16.2 Å². The predicted octanol–water partition coefficient (Wildman–Crippen LogP) is 4.10. The lowest BCUT2D eigenvalue weighted by molar-refractivity contribution is -0.117. The van der Waals surface area contributed by atoms with E-state index in [0.717, 1.165) is 22.2 Å². The average molecular weight is 431 g/mol. The molecule has 3 amide bonds. The Bertz CT molecular complexity index is 1120. The fourth-order valence-corrected chi connectivity index (χ4v) is 4.82. The number of aromatic nitrogens is 2. The van der Waals surface area contributed by atoms with Gasteiger partial charge in [0.05, 0.1) is 11.1 Å². The maximum Gasteiger partial charge on any atom is 0.325 e. The second-order valence-electron chi connectivity index (χ2n) is 6.78. The van der Waals surface area contributed by atoms with Crippen molar-refractivity contribution in [2.75, 3.05) is 11.1 Å². The molecule has 0 aliphatic carbocycles. The first-order chi connectivity index (χ1) is 13.8. The standard InChI is InChI=1S/C20H22N4O3S2/c1-11(2)24-18(26)16-12(3)13(4)29-17(16)23-20(24)28-10-15(25)22-19(27)21-14-8-6-5-7-9-14/h5-9,11H,10H2,1-4H3,(H2,21,22,25,27). The Kier molecular flexibility index (Phi) is 6.39. The van der Waals surface area contributed by atoms with Crippen LogP contribution in [0, 0.1) is 13.8 Å². The van der Waals surface area contributed by atoms with Gasteiger partial charge >= 0.3 is 6.03 Å². The fraction of sp³-hybridized carbons (Fsp3) is 0.300. The molecule has 0 bridgehead atoms. The first-order valence-corrected chi connectivity index (χ1v) is 10.9. The van der Waals surface area contributed by atoms with Crippen LogP contribution in [0.25, 0.3) is 10.2 Å². The first-order valence-electron chi connectivity index (χ1n) is 9.08. The molecule has 0 aliphatic heterocycles. The number of rotatable bonds is 5. The van der Waals surface area contributed by atoms with Gasteiger partial charge in [0.15, 0.2) is 5.16 Å². The molecule has 7 nitrogen and oxygen atoms in total. The monoisotopic (exact) mass is 430 g/mol. The summed E-state index contributed by atoms with van der Waals surface area (Å²) in [6.45, 7) is 7.70. The summed E-state index contributed by atoms with van der Waals surface area (Å²) in [5.74, 6) is -0.498. The molecule has 9 heteroatoms. The lowest BCUT2D eigenvalue weighted by atomic mass is 10.2. The van der Waals surface area contributed by atoms with Crippen molar-refractivity contribution in [2.45, 2.75) is 38.9 Å². The third-order valence-electron chi connectivity index (χ3n) is 4.34. The van der Waals surface area contributed by atoms with Crippen LogP contribution >= 0.6 is 23.1 Å². The Labute approximate surface area is 176 Å². The highest BCUT2D eigenvalue weighted by Gasteiger charge is 2.19. The SMILES string of the molecule is Cc1sc2nc(SCC(=O)NC(=O)Nc3ccccc3)n(C(C)C)c(=O)c2c1C. The Morgan fingerprint density at radius 3 is 2.55 bits per heavy atom. The van der Waals surface area contributed by atoms with Gasteiger partial charge in [-0.25, -0.2) is 9.78 Å². The third kappa shape index (κ3) is 4.68. The number of thiophene rings is 1. The Morgan fingerprint density at radius 2 is 1.90 bits per heavy atom. The molecule has 0 spiro atoms. The number of nitrogens with one attached hydrogen (secondary N) is 2. The summed E-state index contributed by atoms with van der Waals surface area (Å²) < 4.78 is 1.60. The van der Waals surface area contributed by atoms with Crippen LogP contribution in [0.2, 0.25) is 0 Å². The molecule has 2 heterocycles. The summed E-state index contributed by atoms with van der Waals surface area (Å²) in [6.07, 6.45) is 0. The largest absolute Gasteiger partial charge is 0.325 e. The zero-order chi connectivity index (χ0) is 21.1. The maximum atomic E-state index is 13.0. The van der Waals surface area contributed by atoms with Crippen molar-refractivity contribution in [3.05, 3.63) is 51.1 Å². The van der Waals surface area contributed by atoms with Crippen LogP contribution in [-0.4, -0.2) is 27.2 Å². The molecular weight excluding hydrogens is 408 g/mol. The van der Waals surface area contributed by atoms with E-state index in [9.17, 15) is 14.4 Å². The molecule has 3 aromatic rings. The number of carbonyl (C=O) groups is 2. The van der Waals surface area contributed by atoms with Gasteiger partial charge in [0.1, 0.15) is 4.83 Å². The molecule has 3 rings (SSSR count). The highest BCUT2D eigenvalue weighted by atomic mass is 32.2. The number of hydrogen-bond acceptors (Lipinski definition) is 6. The molecule has 0 unspecified atom stereocenters. The highest BCUT2D eigenvalue weighted by Crippen LogP contribution is 2.29. The number of imide groups is 1. The number of aryl methyl sites for hydroxylation is 2. The number of urea groups is 1. The lowest BCUT2D eigenvalue weighted by Crippen LogP contribution is -2.35. The number of fused-ring (bicyclic) bond motifs is 1. The average Bonchev–Trinajstić information content (AvgIpc) is 2.94. The maximum absolute atomic E-state index is 13.0. The van der Waals surface area contributed by atoms with Crippen LogP contribution in [0.3, 0.4) is 0 Å². The molecule has 0 aliphatic rings. The number of anilines is 1. The van der Waals surface area contributed by atoms with Gasteiger partial charge in [0.2, 0.25) is 5.91 Å². The molecular formula is C20H22N4O3S2. The van der Waals surface area contributed by atoms with Gasteiger partial charge in [-0.1, -0.05) is 30.0 Å². The molecule has 0 fully saturated rings. The van der Waals surface area contributed by atoms with Crippen LogP contribution in [0.1, 0.15) is 30.3 Å². The van der Waals surface area contributed by atoms with E-state index in [1.165, 1.54) is 11.3 Å². The van der Waals surface area contributed by atoms with Crippen molar-refractivity contribution in [1.82, 2.24) is 14.9 Å². The van der Waals surface area contributed by atoms with Crippen molar-refractivity contribution in [2.24, 2.45) is 0 Å². The zero-order valence-corrected chi connectivity index (χ0v) is 18.2. The van der Waals surface area contributed by atoms with Gasteiger partial charge in [0, 0.05) is 16.6 Å². The van der Waals surface area contributed by atoms with Gasteiger partial charge < -0.3 is 5.32 Å². The summed E-state index contributed by atoms with van der Waals surface area (Å²) in [5.41, 5.74) is 1.44. The third-order valence-corrected chi connectivity index (χ3v) is 6.39. The Hall–Kier alpha value is -2.65. The van der Waals surface area contributed by atoms with E-state index in [0.29, 0.717) is 21.1 Å². The fourth-order valence-electron chi connectivity index (χ4n) is 2.82. The smallest absolute Gasteiger partial charge is 0.308 e. The molecule has 0 saturated carbocycles. The topological polar surface area (TPSA) is 93.1 Å². The summed E-state index contributed by atoms with van der Waals surface area (Å²) in [4.78, 5) is 43.5. The van der Waals surface area contributed by atoms with E-state index in [4.69, 9.17) is 0 Å². The number of hydrogen-bond donors (Lipinski definition) is 2. The number of benzene rings is 1. The molecule has 2 N–H and O–H groups in total. The first kappa shape index (κ1) is 21.1. The lowest BCUT2D eigenvalue weighted by Gasteiger charge is -2.15. The minimum Gasteiger partial charge on any atom is -0.308 e. The minimum atomic E-state index is -0.601. The van der Waals surface area contributed by atoms with Crippen LogP contribution in [0.15, 0.2) is 40.3 Å². The zero-order valence-electron chi connectivity index (χ0n) is 16.6. The highest BCUT2D eigenvalue weighted by molar-refractivity contribution is 7.99. The summed E-state index contributed by atoms with van der Waals surface area (Å²) >= 11 is 2.61. The van der Waals surface area contributed by atoms with E-state index in [1.807, 2.05) is 33.8 Å². The van der Waals surface area contributed by atoms with Crippen molar-refractivity contribution in [3.8, 4) is 0 Å². The van der Waals surface area contributed by atoms with Crippen molar-refractivity contribution in [3.63, 3.8) is 0 Å². The summed E-state index contributed by atoms with van der Waals surface area (Å²) in [7, 11) is 0. The molecule has 2 aromatic heterocycles. The molecule has 0 saturated heterocycles. The van der Waals surface area contributed by atoms with Crippen LogP contribution in [0.4, 0.5) is 10.5 Å². The number of para-hydroxylation sites is 1. The van der Waals surface area contributed by atoms with Gasteiger partial charge in [0.25, 0.3) is 5.56 Å². The van der Waals surface area contributed by atoms with E-state index in [-0.39, 0.29) is 17.4 Å². The number of carbonyl (C=O) groups excluding carboxylic acids is 2. The number of thioether (sulfide) groups is 1. The van der Waals surface area contributed by atoms with E-state index >= 15 is 0 Å². The van der Waals surface area contributed by atoms with Crippen molar-refractivity contribution < 1.29 is 9.59 Å². The van der Waals surface area contributed by atoms with Crippen LogP contribution in [-0.2, 0) is 4.79 Å². The Morgan fingerprint density at radius 1 is 1.21 bits per heavy atom. The minimum absolute atomic E-state index is 0.0315. The van der Waals surface area contributed by atoms with E-state index < -0.39 is 11.9 Å². The van der Waals surface area contributed by atoms with Gasteiger partial charge in [-0.3, -0.25) is 19.5 Å². The van der Waals surface area contributed by atoms with E-state index in [1.54, 1.807) is 28.8 Å². The molecule has 152 valence electrons.